The summed E-state index contributed by atoms with van der Waals surface area (Å²) in [6.07, 6.45) is 7.42. The summed E-state index contributed by atoms with van der Waals surface area (Å²) in [6, 6.07) is 0. The van der Waals surface area contributed by atoms with Crippen molar-refractivity contribution < 1.29 is 9.53 Å². The van der Waals surface area contributed by atoms with Gasteiger partial charge < -0.3 is 10.5 Å². The molecule has 0 bridgehead atoms. The van der Waals surface area contributed by atoms with E-state index in [0.717, 1.165) is 25.8 Å². The van der Waals surface area contributed by atoms with Crippen molar-refractivity contribution in [3.05, 3.63) is 0 Å². The van der Waals surface area contributed by atoms with Crippen molar-refractivity contribution in [3.63, 3.8) is 0 Å². The Morgan fingerprint density at radius 2 is 1.62 bits per heavy atom. The van der Waals surface area contributed by atoms with Crippen LogP contribution in [-0.4, -0.2) is 19.6 Å². The molecular formula is C10H21NO2. The molecule has 0 rings (SSSR count). The van der Waals surface area contributed by atoms with Gasteiger partial charge in [0.1, 0.15) is 0 Å². The van der Waals surface area contributed by atoms with Crippen LogP contribution < -0.4 is 5.73 Å². The third-order valence-corrected chi connectivity index (χ3v) is 2.06. The Bertz CT molecular complexity index is 126. The minimum atomic E-state index is -0.0954. The maximum Gasteiger partial charge on any atom is 0.305 e. The topological polar surface area (TPSA) is 52.3 Å². The summed E-state index contributed by atoms with van der Waals surface area (Å²) in [5.74, 6) is -0.0954. The third-order valence-electron chi connectivity index (χ3n) is 2.06. The van der Waals surface area contributed by atoms with E-state index in [0.29, 0.717) is 6.42 Å². The van der Waals surface area contributed by atoms with Crippen molar-refractivity contribution >= 4 is 5.97 Å². The molecule has 0 aliphatic heterocycles. The van der Waals surface area contributed by atoms with E-state index >= 15 is 0 Å². The molecule has 0 saturated heterocycles. The first kappa shape index (κ1) is 12.4. The van der Waals surface area contributed by atoms with Crippen LogP contribution in [0.1, 0.15) is 44.9 Å². The first-order chi connectivity index (χ1) is 6.31. The SMILES string of the molecule is COC(=O)CCCCCCCCN. The molecule has 0 aliphatic rings. The molecule has 0 aromatic carbocycles. The van der Waals surface area contributed by atoms with Gasteiger partial charge in [-0.3, -0.25) is 4.79 Å². The lowest BCUT2D eigenvalue weighted by atomic mass is 10.1. The lowest BCUT2D eigenvalue weighted by Gasteiger charge is -2.00. The second kappa shape index (κ2) is 9.52. The summed E-state index contributed by atoms with van der Waals surface area (Å²) in [6.45, 7) is 0.794. The van der Waals surface area contributed by atoms with Crippen LogP contribution in [0, 0.1) is 0 Å². The molecule has 0 heterocycles. The summed E-state index contributed by atoms with van der Waals surface area (Å²) in [4.78, 5) is 10.7. The quantitative estimate of drug-likeness (QED) is 0.466. The molecule has 0 saturated carbocycles. The fraction of sp³-hybridized carbons (Fsp3) is 0.900. The lowest BCUT2D eigenvalue weighted by molar-refractivity contribution is -0.140. The van der Waals surface area contributed by atoms with Gasteiger partial charge in [-0.1, -0.05) is 25.7 Å². The van der Waals surface area contributed by atoms with E-state index < -0.39 is 0 Å². The summed E-state index contributed by atoms with van der Waals surface area (Å²) in [5.41, 5.74) is 5.37. The zero-order valence-electron chi connectivity index (χ0n) is 8.55. The van der Waals surface area contributed by atoms with Crippen LogP contribution in [0.3, 0.4) is 0 Å². The van der Waals surface area contributed by atoms with E-state index in [1.807, 2.05) is 0 Å². The first-order valence-electron chi connectivity index (χ1n) is 5.08. The Labute approximate surface area is 80.6 Å². The fourth-order valence-corrected chi connectivity index (χ4v) is 1.22. The molecule has 0 aromatic rings. The highest BCUT2D eigenvalue weighted by molar-refractivity contribution is 5.68. The van der Waals surface area contributed by atoms with Crippen LogP contribution >= 0.6 is 0 Å². The summed E-state index contributed by atoms with van der Waals surface area (Å²) in [7, 11) is 1.43. The van der Waals surface area contributed by atoms with Crippen molar-refractivity contribution in [1.29, 1.82) is 0 Å². The Hall–Kier alpha value is -0.570. The highest BCUT2D eigenvalue weighted by Crippen LogP contribution is 2.06. The number of hydrogen-bond acceptors (Lipinski definition) is 3. The molecule has 3 nitrogen and oxygen atoms in total. The van der Waals surface area contributed by atoms with Gasteiger partial charge in [-0.2, -0.15) is 0 Å². The van der Waals surface area contributed by atoms with Crippen molar-refractivity contribution in [1.82, 2.24) is 0 Å². The molecule has 2 N–H and O–H groups in total. The Balaban J connectivity index is 2.95. The molecule has 78 valence electrons. The highest BCUT2D eigenvalue weighted by Gasteiger charge is 1.98. The van der Waals surface area contributed by atoms with Gasteiger partial charge in [0.25, 0.3) is 0 Å². The number of carbonyl (C=O) groups is 1. The minimum Gasteiger partial charge on any atom is -0.469 e. The number of hydrogen-bond donors (Lipinski definition) is 1. The summed E-state index contributed by atoms with van der Waals surface area (Å²) in [5, 5.41) is 0. The van der Waals surface area contributed by atoms with Gasteiger partial charge in [0.05, 0.1) is 7.11 Å². The van der Waals surface area contributed by atoms with Crippen LogP contribution in [-0.2, 0) is 9.53 Å². The van der Waals surface area contributed by atoms with E-state index in [4.69, 9.17) is 5.73 Å². The standard InChI is InChI=1S/C10H21NO2/c1-13-10(12)8-6-4-2-3-5-7-9-11/h2-9,11H2,1H3. The number of esters is 1. The number of nitrogens with two attached hydrogens (primary N) is 1. The predicted molar refractivity (Wildman–Crippen MR) is 53.4 cm³/mol. The number of ether oxygens (including phenoxy) is 1. The van der Waals surface area contributed by atoms with E-state index in [1.54, 1.807) is 0 Å². The molecule has 13 heavy (non-hydrogen) atoms. The largest absolute Gasteiger partial charge is 0.469 e. The van der Waals surface area contributed by atoms with Crippen molar-refractivity contribution in [3.8, 4) is 0 Å². The zero-order valence-corrected chi connectivity index (χ0v) is 8.55. The molecule has 0 fully saturated rings. The second-order valence-corrected chi connectivity index (χ2v) is 3.24. The Morgan fingerprint density at radius 3 is 2.15 bits per heavy atom. The van der Waals surface area contributed by atoms with Gasteiger partial charge in [-0.15, -0.1) is 0 Å². The summed E-state index contributed by atoms with van der Waals surface area (Å²) >= 11 is 0. The first-order valence-corrected chi connectivity index (χ1v) is 5.08. The van der Waals surface area contributed by atoms with E-state index in [-0.39, 0.29) is 5.97 Å². The average molecular weight is 187 g/mol. The molecule has 0 atom stereocenters. The predicted octanol–water partition coefficient (Wildman–Crippen LogP) is 1.85. The molecular weight excluding hydrogens is 166 g/mol. The van der Waals surface area contributed by atoms with Crippen LogP contribution in [0.15, 0.2) is 0 Å². The maximum atomic E-state index is 10.7. The number of methoxy groups -OCH3 is 1. The molecule has 0 aromatic heterocycles. The average Bonchev–Trinajstić information content (AvgIpc) is 2.16. The Morgan fingerprint density at radius 1 is 1.08 bits per heavy atom. The normalized spacial score (nSPS) is 10.0. The van der Waals surface area contributed by atoms with Crippen LogP contribution in [0.2, 0.25) is 0 Å². The molecule has 0 aliphatic carbocycles. The van der Waals surface area contributed by atoms with Crippen molar-refractivity contribution in [2.24, 2.45) is 5.73 Å². The monoisotopic (exact) mass is 187 g/mol. The van der Waals surface area contributed by atoms with E-state index in [9.17, 15) is 4.79 Å². The van der Waals surface area contributed by atoms with Gasteiger partial charge >= 0.3 is 5.97 Å². The number of rotatable bonds is 8. The van der Waals surface area contributed by atoms with Crippen LogP contribution in [0.25, 0.3) is 0 Å². The van der Waals surface area contributed by atoms with E-state index in [1.165, 1.54) is 26.4 Å². The summed E-state index contributed by atoms with van der Waals surface area (Å²) < 4.78 is 4.54. The van der Waals surface area contributed by atoms with Crippen molar-refractivity contribution in [2.75, 3.05) is 13.7 Å². The van der Waals surface area contributed by atoms with Crippen LogP contribution in [0.4, 0.5) is 0 Å². The minimum absolute atomic E-state index is 0.0954. The smallest absolute Gasteiger partial charge is 0.305 e. The van der Waals surface area contributed by atoms with Crippen molar-refractivity contribution in [2.45, 2.75) is 44.9 Å². The molecule has 0 spiro atoms. The maximum absolute atomic E-state index is 10.7. The molecule has 0 amide bonds. The number of carbonyl (C=O) groups excluding carboxylic acids is 1. The van der Waals surface area contributed by atoms with Gasteiger partial charge in [-0.25, -0.2) is 0 Å². The van der Waals surface area contributed by atoms with Gasteiger partial charge in [0, 0.05) is 6.42 Å². The molecule has 0 radical (unpaired) electrons. The highest BCUT2D eigenvalue weighted by atomic mass is 16.5. The second-order valence-electron chi connectivity index (χ2n) is 3.24. The molecule has 3 heteroatoms. The van der Waals surface area contributed by atoms with Gasteiger partial charge in [-0.05, 0) is 19.4 Å². The van der Waals surface area contributed by atoms with Gasteiger partial charge in [0.15, 0.2) is 0 Å². The fourth-order valence-electron chi connectivity index (χ4n) is 1.22. The van der Waals surface area contributed by atoms with Crippen LogP contribution in [0.5, 0.6) is 0 Å². The van der Waals surface area contributed by atoms with Gasteiger partial charge in [0.2, 0.25) is 0 Å². The number of unbranched alkanes of at least 4 members (excludes halogenated alkanes) is 5. The molecule has 0 unspecified atom stereocenters. The Kier molecular flexibility index (Phi) is 9.10. The lowest BCUT2D eigenvalue weighted by Crippen LogP contribution is -1.99. The van der Waals surface area contributed by atoms with E-state index in [2.05, 4.69) is 4.74 Å². The zero-order chi connectivity index (χ0) is 9.94. The third kappa shape index (κ3) is 9.34.